The first-order valence-electron chi connectivity index (χ1n) is 6.21. The molecule has 0 saturated heterocycles. The molecule has 0 unspecified atom stereocenters. The quantitative estimate of drug-likeness (QED) is 0.463. The zero-order chi connectivity index (χ0) is 16.8. The summed E-state index contributed by atoms with van der Waals surface area (Å²) in [6.45, 7) is 12.4. The lowest BCUT2D eigenvalue weighted by atomic mass is 10.3. The number of allylic oxidation sites excluding steroid dienone is 1. The van der Waals surface area contributed by atoms with Gasteiger partial charge in [0.15, 0.2) is 0 Å². The van der Waals surface area contributed by atoms with E-state index in [4.69, 9.17) is 17.5 Å². The Hall–Kier alpha value is -0.960. The van der Waals surface area contributed by atoms with E-state index in [0.717, 1.165) is 13.1 Å². The van der Waals surface area contributed by atoms with Crippen molar-refractivity contribution in [1.29, 1.82) is 0 Å². The van der Waals surface area contributed by atoms with Crippen molar-refractivity contribution < 1.29 is 27.1 Å². The first-order chi connectivity index (χ1) is 9.03. The van der Waals surface area contributed by atoms with Gasteiger partial charge < -0.3 is 9.64 Å². The van der Waals surface area contributed by atoms with Crippen LogP contribution in [0.4, 0.5) is 0 Å². The summed E-state index contributed by atoms with van der Waals surface area (Å²) in [4.78, 5) is 12.9. The highest BCUT2D eigenvalue weighted by molar-refractivity contribution is 7.79. The van der Waals surface area contributed by atoms with Crippen LogP contribution in [0.2, 0.25) is 0 Å². The van der Waals surface area contributed by atoms with Crippen molar-refractivity contribution >= 4 is 16.4 Å². The minimum absolute atomic E-state index is 0.222. The summed E-state index contributed by atoms with van der Waals surface area (Å²) in [6.07, 6.45) is 1.73. The predicted molar refractivity (Wildman–Crippen MR) is 79.1 cm³/mol. The van der Waals surface area contributed by atoms with Gasteiger partial charge in [-0.15, -0.1) is 0 Å². The van der Waals surface area contributed by atoms with Crippen LogP contribution in [0.5, 0.6) is 0 Å². The van der Waals surface area contributed by atoms with E-state index < -0.39 is 10.4 Å². The van der Waals surface area contributed by atoms with Crippen LogP contribution in [0.3, 0.4) is 0 Å². The third-order valence-electron chi connectivity index (χ3n) is 2.11. The number of hydrogen-bond donors (Lipinski definition) is 2. The lowest BCUT2D eigenvalue weighted by molar-refractivity contribution is -0.138. The number of esters is 1. The van der Waals surface area contributed by atoms with Crippen molar-refractivity contribution in [1.82, 2.24) is 4.90 Å². The molecule has 0 amide bonds. The molecule has 0 spiro atoms. The molecule has 0 radical (unpaired) electrons. The van der Waals surface area contributed by atoms with Gasteiger partial charge in [-0.05, 0) is 40.9 Å². The molecule has 0 saturated carbocycles. The lowest BCUT2D eigenvalue weighted by Gasteiger charge is -2.07. The topological polar surface area (TPSA) is 104 Å². The molecule has 0 aromatic heterocycles. The Kier molecular flexibility index (Phi) is 17.4. The van der Waals surface area contributed by atoms with E-state index in [1.54, 1.807) is 19.9 Å². The molecule has 122 valence electrons. The van der Waals surface area contributed by atoms with Crippen LogP contribution >= 0.6 is 0 Å². The molecule has 2 N–H and O–H groups in total. The zero-order valence-corrected chi connectivity index (χ0v) is 13.9. The number of carbonyl (C=O) groups is 1. The van der Waals surface area contributed by atoms with Gasteiger partial charge in [0, 0.05) is 5.57 Å². The number of carbonyl (C=O) groups excluding carboxylic acids is 1. The molecule has 0 aliphatic carbocycles. The Balaban J connectivity index is -0.000000230. The van der Waals surface area contributed by atoms with Crippen molar-refractivity contribution in [3.05, 3.63) is 11.6 Å². The molecule has 0 aromatic carbocycles. The summed E-state index contributed by atoms with van der Waals surface area (Å²) in [5.74, 6) is -0.222. The maximum atomic E-state index is 10.7. The second-order valence-corrected chi connectivity index (χ2v) is 4.52. The van der Waals surface area contributed by atoms with E-state index >= 15 is 0 Å². The summed E-state index contributed by atoms with van der Waals surface area (Å²) in [5.41, 5.74) is 0.664. The van der Waals surface area contributed by atoms with E-state index in [0.29, 0.717) is 12.2 Å². The maximum absolute atomic E-state index is 10.7. The highest BCUT2D eigenvalue weighted by Gasteiger charge is 2.00. The Bertz CT molecular complexity index is 352. The molecule has 0 fully saturated rings. The number of ether oxygens (including phenoxy) is 1. The Morgan fingerprint density at radius 1 is 1.20 bits per heavy atom. The molecular weight excluding hydrogens is 286 g/mol. The maximum Gasteiger partial charge on any atom is 0.394 e. The minimum Gasteiger partial charge on any atom is -0.463 e. The van der Waals surface area contributed by atoms with Gasteiger partial charge in [-0.3, -0.25) is 9.11 Å². The van der Waals surface area contributed by atoms with Gasteiger partial charge in [0.05, 0.1) is 6.61 Å². The van der Waals surface area contributed by atoms with Gasteiger partial charge in [0.25, 0.3) is 0 Å². The second kappa shape index (κ2) is 14.4. The predicted octanol–water partition coefficient (Wildman–Crippen LogP) is 1.82. The van der Waals surface area contributed by atoms with Crippen molar-refractivity contribution in [3.63, 3.8) is 0 Å². The third-order valence-corrected chi connectivity index (χ3v) is 2.11. The third kappa shape index (κ3) is 30.2. The number of hydrogen-bond acceptors (Lipinski definition) is 5. The monoisotopic (exact) mass is 313 g/mol. The first kappa shape index (κ1) is 24.1. The lowest BCUT2D eigenvalue weighted by Crippen LogP contribution is -2.15. The van der Waals surface area contributed by atoms with E-state index in [-0.39, 0.29) is 5.97 Å². The highest BCUT2D eigenvalue weighted by atomic mass is 32.3. The SMILES string of the molecule is CC=C(C)C(=O)OCC.CCN(C)CC.O=S(=O)(O)O. The molecule has 0 bridgehead atoms. The second-order valence-electron chi connectivity index (χ2n) is 3.63. The normalized spacial score (nSPS) is 10.9. The Morgan fingerprint density at radius 2 is 1.55 bits per heavy atom. The first-order valence-corrected chi connectivity index (χ1v) is 7.61. The molecule has 20 heavy (non-hydrogen) atoms. The summed E-state index contributed by atoms with van der Waals surface area (Å²) in [6, 6.07) is 0. The van der Waals surface area contributed by atoms with Gasteiger partial charge in [0.1, 0.15) is 0 Å². The molecule has 0 rings (SSSR count). The van der Waals surface area contributed by atoms with Gasteiger partial charge in [-0.25, -0.2) is 4.79 Å². The van der Waals surface area contributed by atoms with Gasteiger partial charge >= 0.3 is 16.4 Å². The summed E-state index contributed by atoms with van der Waals surface area (Å²) in [5, 5.41) is 0. The zero-order valence-electron chi connectivity index (χ0n) is 13.1. The van der Waals surface area contributed by atoms with Crippen LogP contribution in [-0.4, -0.2) is 55.1 Å². The van der Waals surface area contributed by atoms with Crippen LogP contribution in [0, 0.1) is 0 Å². The van der Waals surface area contributed by atoms with Gasteiger partial charge in [-0.1, -0.05) is 19.9 Å². The van der Waals surface area contributed by atoms with E-state index in [2.05, 4.69) is 30.5 Å². The van der Waals surface area contributed by atoms with Crippen molar-refractivity contribution in [2.24, 2.45) is 0 Å². The summed E-state index contributed by atoms with van der Waals surface area (Å²) < 4.78 is 36.3. The summed E-state index contributed by atoms with van der Waals surface area (Å²) in [7, 11) is -2.56. The smallest absolute Gasteiger partial charge is 0.394 e. The number of rotatable bonds is 4. The molecule has 8 heteroatoms. The fraction of sp³-hybridized carbons (Fsp3) is 0.750. The Labute approximate surface area is 122 Å². The number of nitrogens with zero attached hydrogens (tertiary/aromatic N) is 1. The molecule has 0 heterocycles. The molecule has 0 atom stereocenters. The average molecular weight is 313 g/mol. The average Bonchev–Trinajstić information content (AvgIpc) is 2.35. The van der Waals surface area contributed by atoms with E-state index in [1.807, 2.05) is 6.92 Å². The van der Waals surface area contributed by atoms with Gasteiger partial charge in [0.2, 0.25) is 0 Å². The Morgan fingerprint density at radius 3 is 1.70 bits per heavy atom. The van der Waals surface area contributed by atoms with Crippen LogP contribution in [-0.2, 0) is 19.9 Å². The molecular formula is C12H27NO6S. The fourth-order valence-corrected chi connectivity index (χ4v) is 0.586. The highest BCUT2D eigenvalue weighted by Crippen LogP contribution is 1.94. The van der Waals surface area contributed by atoms with Crippen LogP contribution in [0.15, 0.2) is 11.6 Å². The molecule has 7 nitrogen and oxygen atoms in total. The van der Waals surface area contributed by atoms with Crippen molar-refractivity contribution in [2.45, 2.75) is 34.6 Å². The van der Waals surface area contributed by atoms with Crippen LogP contribution in [0.25, 0.3) is 0 Å². The van der Waals surface area contributed by atoms with E-state index in [9.17, 15) is 4.79 Å². The van der Waals surface area contributed by atoms with Crippen LogP contribution in [0.1, 0.15) is 34.6 Å². The standard InChI is InChI=1S/C7H12O2.C5H13N.H2O4S/c1-4-6(3)7(8)9-5-2;1-4-6(3)5-2;1-5(2,3)4/h4H,5H2,1-3H3;4-5H2,1-3H3;(H2,1,2,3,4). The molecule has 0 aromatic rings. The summed E-state index contributed by atoms with van der Waals surface area (Å²) >= 11 is 0. The van der Waals surface area contributed by atoms with Crippen molar-refractivity contribution in [2.75, 3.05) is 26.7 Å². The molecule has 0 aliphatic heterocycles. The van der Waals surface area contributed by atoms with E-state index in [1.165, 1.54) is 0 Å². The fourth-order valence-electron chi connectivity index (χ4n) is 0.586. The largest absolute Gasteiger partial charge is 0.463 e. The van der Waals surface area contributed by atoms with Gasteiger partial charge in [-0.2, -0.15) is 8.42 Å². The van der Waals surface area contributed by atoms with Crippen molar-refractivity contribution in [3.8, 4) is 0 Å². The molecule has 0 aliphatic rings. The van der Waals surface area contributed by atoms with Crippen LogP contribution < -0.4 is 0 Å². The minimum atomic E-state index is -4.67.